The fourth-order valence-electron chi connectivity index (χ4n) is 2.32. The molecule has 2 atom stereocenters. The minimum atomic E-state index is -3.74. The molecule has 2 rings (SSSR count). The maximum atomic E-state index is 13.3. The third kappa shape index (κ3) is 4.63. The number of benzene rings is 1. The van der Waals surface area contributed by atoms with Gasteiger partial charge in [0.25, 0.3) is 0 Å². The number of hydrogen-bond acceptors (Lipinski definition) is 5. The number of sulfonamides is 1. The van der Waals surface area contributed by atoms with Crippen LogP contribution in [-0.2, 0) is 24.3 Å². The number of hydrogen-bond donors (Lipinski definition) is 1. The predicted molar refractivity (Wildman–Crippen MR) is 82.1 cm³/mol. The molecule has 0 saturated carbocycles. The van der Waals surface area contributed by atoms with Crippen LogP contribution in [-0.4, -0.2) is 59.6 Å². The third-order valence-corrected chi connectivity index (χ3v) is 4.60. The number of rotatable bonds is 6. The molecule has 1 fully saturated rings. The number of nitrogens with one attached hydrogen (secondary N) is 1. The van der Waals surface area contributed by atoms with Crippen molar-refractivity contribution in [3.05, 3.63) is 30.1 Å². The monoisotopic (exact) mass is 346 g/mol. The molecule has 1 aliphatic rings. The first-order valence-corrected chi connectivity index (χ1v) is 8.79. The normalized spacial score (nSPS) is 21.2. The molecule has 7 nitrogen and oxygen atoms in total. The third-order valence-electron chi connectivity index (χ3n) is 3.46. The Morgan fingerprint density at radius 2 is 2.22 bits per heavy atom. The number of methoxy groups -OCH3 is 1. The molecule has 1 aromatic carbocycles. The summed E-state index contributed by atoms with van der Waals surface area (Å²) in [5.74, 6) is -1.10. The second-order valence-corrected chi connectivity index (χ2v) is 7.14. The van der Waals surface area contributed by atoms with E-state index in [-0.39, 0.29) is 17.8 Å². The summed E-state index contributed by atoms with van der Waals surface area (Å²) < 4.78 is 48.4. The standard InChI is InChI=1S/C14H19FN2O5S/c1-21-13-9-22-8-12(13)16-14(18)7-17(23(2,19)20)11-5-3-4-10(15)6-11/h3-6,12-13H,7-9H2,1-2H3,(H,16,18)/t12-,13-/m0/s1. The molecule has 0 spiro atoms. The van der Waals surface area contributed by atoms with Crippen molar-refractivity contribution in [2.45, 2.75) is 12.1 Å². The largest absolute Gasteiger partial charge is 0.377 e. The highest BCUT2D eigenvalue weighted by atomic mass is 32.2. The Morgan fingerprint density at radius 1 is 1.48 bits per heavy atom. The number of ether oxygens (including phenoxy) is 2. The number of amides is 1. The van der Waals surface area contributed by atoms with E-state index in [2.05, 4.69) is 5.32 Å². The lowest BCUT2D eigenvalue weighted by Gasteiger charge is -2.24. The average molecular weight is 346 g/mol. The van der Waals surface area contributed by atoms with Crippen LogP contribution in [0.3, 0.4) is 0 Å². The molecule has 1 aromatic rings. The molecule has 128 valence electrons. The fraction of sp³-hybridized carbons (Fsp3) is 0.500. The van der Waals surface area contributed by atoms with Crippen LogP contribution in [0.25, 0.3) is 0 Å². The number of carbonyl (C=O) groups is 1. The van der Waals surface area contributed by atoms with Gasteiger partial charge in [0.05, 0.1) is 31.2 Å². The van der Waals surface area contributed by atoms with Crippen LogP contribution >= 0.6 is 0 Å². The van der Waals surface area contributed by atoms with E-state index in [0.29, 0.717) is 13.2 Å². The zero-order chi connectivity index (χ0) is 17.0. The maximum Gasteiger partial charge on any atom is 0.241 e. The van der Waals surface area contributed by atoms with Crippen LogP contribution in [0.4, 0.5) is 10.1 Å². The van der Waals surface area contributed by atoms with E-state index in [0.717, 1.165) is 16.6 Å². The molecule has 0 aromatic heterocycles. The average Bonchev–Trinajstić information content (AvgIpc) is 2.90. The van der Waals surface area contributed by atoms with Gasteiger partial charge in [-0.2, -0.15) is 0 Å². The van der Waals surface area contributed by atoms with Crippen molar-refractivity contribution < 1.29 is 27.1 Å². The summed E-state index contributed by atoms with van der Waals surface area (Å²) in [6, 6.07) is 4.72. The molecule has 0 unspecified atom stereocenters. The van der Waals surface area contributed by atoms with E-state index >= 15 is 0 Å². The molecular formula is C14H19FN2O5S. The van der Waals surface area contributed by atoms with Gasteiger partial charge in [0.1, 0.15) is 18.5 Å². The maximum absolute atomic E-state index is 13.3. The van der Waals surface area contributed by atoms with Gasteiger partial charge in [0, 0.05) is 7.11 Å². The van der Waals surface area contributed by atoms with Gasteiger partial charge in [-0.1, -0.05) is 6.07 Å². The van der Waals surface area contributed by atoms with Crippen molar-refractivity contribution in [2.75, 3.05) is 37.4 Å². The molecule has 23 heavy (non-hydrogen) atoms. The van der Waals surface area contributed by atoms with Crippen molar-refractivity contribution in [1.29, 1.82) is 0 Å². The van der Waals surface area contributed by atoms with Gasteiger partial charge in [-0.05, 0) is 18.2 Å². The zero-order valence-electron chi connectivity index (χ0n) is 12.9. The highest BCUT2D eigenvalue weighted by Gasteiger charge is 2.30. The molecule has 1 saturated heterocycles. The first-order valence-electron chi connectivity index (χ1n) is 6.94. The Morgan fingerprint density at radius 3 is 2.83 bits per heavy atom. The zero-order valence-corrected chi connectivity index (χ0v) is 13.7. The molecule has 1 aliphatic heterocycles. The van der Waals surface area contributed by atoms with Gasteiger partial charge >= 0.3 is 0 Å². The Balaban J connectivity index is 2.11. The number of anilines is 1. The number of carbonyl (C=O) groups excluding carboxylic acids is 1. The first-order chi connectivity index (χ1) is 10.8. The molecule has 0 aliphatic carbocycles. The smallest absolute Gasteiger partial charge is 0.241 e. The van der Waals surface area contributed by atoms with Gasteiger partial charge in [0.15, 0.2) is 0 Å². The van der Waals surface area contributed by atoms with Crippen LogP contribution < -0.4 is 9.62 Å². The van der Waals surface area contributed by atoms with Gasteiger partial charge in [0.2, 0.25) is 15.9 Å². The molecule has 1 heterocycles. The summed E-state index contributed by atoms with van der Waals surface area (Å²) >= 11 is 0. The van der Waals surface area contributed by atoms with Crippen molar-refractivity contribution in [3.8, 4) is 0 Å². The molecule has 1 amide bonds. The Hall–Kier alpha value is -1.71. The number of nitrogens with zero attached hydrogens (tertiary/aromatic N) is 1. The summed E-state index contributed by atoms with van der Waals surface area (Å²) in [7, 11) is -2.23. The van der Waals surface area contributed by atoms with Crippen molar-refractivity contribution in [3.63, 3.8) is 0 Å². The summed E-state index contributed by atoms with van der Waals surface area (Å²) in [4.78, 5) is 12.2. The van der Waals surface area contributed by atoms with E-state index in [1.165, 1.54) is 25.3 Å². The fourth-order valence-corrected chi connectivity index (χ4v) is 3.16. The summed E-state index contributed by atoms with van der Waals surface area (Å²) in [6.07, 6.45) is 0.682. The Kier molecular flexibility index (Phi) is 5.55. The van der Waals surface area contributed by atoms with Gasteiger partial charge in [-0.3, -0.25) is 9.10 Å². The summed E-state index contributed by atoms with van der Waals surface area (Å²) in [5.41, 5.74) is 0.0913. The van der Waals surface area contributed by atoms with Crippen LogP contribution in [0.1, 0.15) is 0 Å². The van der Waals surface area contributed by atoms with Crippen LogP contribution in [0.2, 0.25) is 0 Å². The lowest BCUT2D eigenvalue weighted by Crippen LogP contribution is -2.48. The van der Waals surface area contributed by atoms with Crippen LogP contribution in [0.5, 0.6) is 0 Å². The van der Waals surface area contributed by atoms with E-state index in [4.69, 9.17) is 9.47 Å². The predicted octanol–water partition coefficient (Wildman–Crippen LogP) is 0.122. The topological polar surface area (TPSA) is 84.9 Å². The molecule has 1 N–H and O–H groups in total. The first kappa shape index (κ1) is 17.6. The van der Waals surface area contributed by atoms with E-state index in [1.807, 2.05) is 0 Å². The molecule has 0 bridgehead atoms. The van der Waals surface area contributed by atoms with Gasteiger partial charge < -0.3 is 14.8 Å². The Bertz CT molecular complexity index is 667. The lowest BCUT2D eigenvalue weighted by atomic mass is 10.2. The second-order valence-electron chi connectivity index (χ2n) is 5.24. The van der Waals surface area contributed by atoms with Crippen molar-refractivity contribution in [2.24, 2.45) is 0 Å². The van der Waals surface area contributed by atoms with Crippen LogP contribution in [0.15, 0.2) is 24.3 Å². The van der Waals surface area contributed by atoms with Crippen molar-refractivity contribution in [1.82, 2.24) is 5.32 Å². The summed E-state index contributed by atoms with van der Waals surface area (Å²) in [6.45, 7) is 0.208. The SMILES string of the molecule is CO[C@H]1COC[C@@H]1NC(=O)CN(c1cccc(F)c1)S(C)(=O)=O. The van der Waals surface area contributed by atoms with Crippen molar-refractivity contribution >= 4 is 21.6 Å². The molecular weight excluding hydrogens is 327 g/mol. The van der Waals surface area contributed by atoms with Gasteiger partial charge in [-0.25, -0.2) is 12.8 Å². The minimum Gasteiger partial charge on any atom is -0.377 e. The second kappa shape index (κ2) is 7.24. The van der Waals surface area contributed by atoms with E-state index in [9.17, 15) is 17.6 Å². The molecule has 0 radical (unpaired) electrons. The van der Waals surface area contributed by atoms with Crippen LogP contribution in [0, 0.1) is 5.82 Å². The van der Waals surface area contributed by atoms with Gasteiger partial charge in [-0.15, -0.1) is 0 Å². The summed E-state index contributed by atoms with van der Waals surface area (Å²) in [5, 5.41) is 2.68. The minimum absolute atomic E-state index is 0.0913. The quantitative estimate of drug-likeness (QED) is 0.791. The number of halogens is 1. The van der Waals surface area contributed by atoms with E-state index in [1.54, 1.807) is 0 Å². The Labute approximate surface area is 134 Å². The highest BCUT2D eigenvalue weighted by molar-refractivity contribution is 7.92. The molecule has 9 heteroatoms. The lowest BCUT2D eigenvalue weighted by molar-refractivity contribution is -0.121. The highest BCUT2D eigenvalue weighted by Crippen LogP contribution is 2.18. The van der Waals surface area contributed by atoms with E-state index < -0.39 is 28.3 Å².